The predicted molar refractivity (Wildman–Crippen MR) is 110 cm³/mol. The summed E-state index contributed by atoms with van der Waals surface area (Å²) < 4.78 is 10.5. The number of carbonyl (C=O) groups excluding carboxylic acids is 2. The van der Waals surface area contributed by atoms with Gasteiger partial charge in [-0.1, -0.05) is 23.7 Å². The SMILES string of the molecule is COCCCNC(=O)c1ccccc1NC(=O)CCCOc1ccc(Cl)cc1. The number of hydrogen-bond donors (Lipinski definition) is 2. The summed E-state index contributed by atoms with van der Waals surface area (Å²) in [6.07, 6.45) is 1.57. The molecule has 2 amide bonds. The van der Waals surface area contributed by atoms with E-state index in [0.29, 0.717) is 48.2 Å². The fraction of sp³-hybridized carbons (Fsp3) is 0.333. The van der Waals surface area contributed by atoms with Gasteiger partial charge in [-0.05, 0) is 49.2 Å². The molecule has 0 saturated heterocycles. The molecule has 0 aliphatic rings. The van der Waals surface area contributed by atoms with Gasteiger partial charge in [-0.2, -0.15) is 0 Å². The van der Waals surface area contributed by atoms with Crippen molar-refractivity contribution in [3.05, 3.63) is 59.1 Å². The van der Waals surface area contributed by atoms with Crippen molar-refractivity contribution < 1.29 is 19.1 Å². The maximum absolute atomic E-state index is 12.3. The highest BCUT2D eigenvalue weighted by Gasteiger charge is 2.12. The zero-order chi connectivity index (χ0) is 20.2. The van der Waals surface area contributed by atoms with Gasteiger partial charge in [-0.25, -0.2) is 0 Å². The van der Waals surface area contributed by atoms with Crippen LogP contribution in [-0.2, 0) is 9.53 Å². The molecule has 0 heterocycles. The Kier molecular flexibility index (Phi) is 9.31. The van der Waals surface area contributed by atoms with E-state index in [4.69, 9.17) is 21.1 Å². The van der Waals surface area contributed by atoms with E-state index in [1.165, 1.54) is 0 Å². The molecule has 0 atom stereocenters. The molecule has 0 aromatic heterocycles. The number of amides is 2. The maximum Gasteiger partial charge on any atom is 0.253 e. The lowest BCUT2D eigenvalue weighted by molar-refractivity contribution is -0.116. The van der Waals surface area contributed by atoms with Gasteiger partial charge in [0.05, 0.1) is 17.9 Å². The molecule has 2 aromatic rings. The third-order valence-electron chi connectivity index (χ3n) is 3.89. The van der Waals surface area contributed by atoms with Gasteiger partial charge in [-0.3, -0.25) is 9.59 Å². The molecule has 0 radical (unpaired) electrons. The molecule has 6 nitrogen and oxygen atoms in total. The number of halogens is 1. The summed E-state index contributed by atoms with van der Waals surface area (Å²) in [5.74, 6) is 0.317. The molecule has 0 unspecified atom stereocenters. The second kappa shape index (κ2) is 12.0. The molecular weight excluding hydrogens is 380 g/mol. The Balaban J connectivity index is 1.78. The highest BCUT2D eigenvalue weighted by atomic mass is 35.5. The number of methoxy groups -OCH3 is 1. The van der Waals surface area contributed by atoms with Crippen molar-refractivity contribution in [2.24, 2.45) is 0 Å². The monoisotopic (exact) mass is 404 g/mol. The number of ether oxygens (including phenoxy) is 2. The number of anilines is 1. The van der Waals surface area contributed by atoms with Crippen LogP contribution in [0.2, 0.25) is 5.02 Å². The Hall–Kier alpha value is -2.57. The minimum absolute atomic E-state index is 0.167. The lowest BCUT2D eigenvalue weighted by Crippen LogP contribution is -2.26. The van der Waals surface area contributed by atoms with Crippen LogP contribution in [0.3, 0.4) is 0 Å². The van der Waals surface area contributed by atoms with E-state index in [1.807, 2.05) is 0 Å². The van der Waals surface area contributed by atoms with E-state index in [2.05, 4.69) is 10.6 Å². The first-order chi connectivity index (χ1) is 13.6. The quantitative estimate of drug-likeness (QED) is 0.557. The molecule has 0 aliphatic carbocycles. The van der Waals surface area contributed by atoms with Gasteiger partial charge in [0.2, 0.25) is 5.91 Å². The lowest BCUT2D eigenvalue weighted by atomic mass is 10.1. The molecule has 150 valence electrons. The molecule has 0 saturated carbocycles. The van der Waals surface area contributed by atoms with Crippen molar-refractivity contribution in [2.75, 3.05) is 32.2 Å². The van der Waals surface area contributed by atoms with Gasteiger partial charge in [0, 0.05) is 31.7 Å². The van der Waals surface area contributed by atoms with Crippen molar-refractivity contribution in [3.63, 3.8) is 0 Å². The summed E-state index contributed by atoms with van der Waals surface area (Å²) in [4.78, 5) is 24.5. The number of nitrogens with one attached hydrogen (secondary N) is 2. The Bertz CT molecular complexity index is 765. The third kappa shape index (κ3) is 7.58. The molecule has 2 rings (SSSR count). The number of rotatable bonds is 11. The lowest BCUT2D eigenvalue weighted by Gasteiger charge is -2.12. The van der Waals surface area contributed by atoms with Crippen LogP contribution >= 0.6 is 11.6 Å². The zero-order valence-corrected chi connectivity index (χ0v) is 16.6. The molecule has 7 heteroatoms. The van der Waals surface area contributed by atoms with Crippen LogP contribution in [0, 0.1) is 0 Å². The molecule has 0 aliphatic heterocycles. The molecule has 2 N–H and O–H groups in total. The summed E-state index contributed by atoms with van der Waals surface area (Å²) in [5.41, 5.74) is 0.932. The molecule has 0 bridgehead atoms. The highest BCUT2D eigenvalue weighted by Crippen LogP contribution is 2.17. The number of carbonyl (C=O) groups is 2. The van der Waals surface area contributed by atoms with Gasteiger partial charge in [0.25, 0.3) is 5.91 Å². The van der Waals surface area contributed by atoms with Crippen molar-refractivity contribution in [3.8, 4) is 5.75 Å². The van der Waals surface area contributed by atoms with E-state index in [1.54, 1.807) is 55.6 Å². The average Bonchev–Trinajstić information content (AvgIpc) is 2.70. The number of hydrogen-bond acceptors (Lipinski definition) is 4. The minimum Gasteiger partial charge on any atom is -0.494 e. The van der Waals surface area contributed by atoms with Crippen molar-refractivity contribution >= 4 is 29.1 Å². The van der Waals surface area contributed by atoms with E-state index in [9.17, 15) is 9.59 Å². The first-order valence-electron chi connectivity index (χ1n) is 9.14. The summed E-state index contributed by atoms with van der Waals surface area (Å²) in [5, 5.41) is 6.27. The second-order valence-corrected chi connectivity index (χ2v) is 6.54. The average molecular weight is 405 g/mol. The summed E-state index contributed by atoms with van der Waals surface area (Å²) in [6.45, 7) is 1.50. The highest BCUT2D eigenvalue weighted by molar-refractivity contribution is 6.30. The first kappa shape index (κ1) is 21.7. The van der Waals surface area contributed by atoms with Crippen molar-refractivity contribution in [1.82, 2.24) is 5.32 Å². The first-order valence-corrected chi connectivity index (χ1v) is 9.52. The van der Waals surface area contributed by atoms with Gasteiger partial charge < -0.3 is 20.1 Å². The molecule has 2 aromatic carbocycles. The summed E-state index contributed by atoms with van der Waals surface area (Å²) in [6, 6.07) is 14.0. The van der Waals surface area contributed by atoms with Crippen LogP contribution in [-0.4, -0.2) is 38.7 Å². The van der Waals surface area contributed by atoms with E-state index >= 15 is 0 Å². The minimum atomic E-state index is -0.224. The number of benzene rings is 2. The third-order valence-corrected chi connectivity index (χ3v) is 4.14. The Labute approximate surface area is 170 Å². The van der Waals surface area contributed by atoms with Crippen LogP contribution in [0.15, 0.2) is 48.5 Å². The van der Waals surface area contributed by atoms with E-state index in [0.717, 1.165) is 6.42 Å². The van der Waals surface area contributed by atoms with Crippen LogP contribution < -0.4 is 15.4 Å². The second-order valence-electron chi connectivity index (χ2n) is 6.10. The van der Waals surface area contributed by atoms with Gasteiger partial charge in [0.1, 0.15) is 5.75 Å². The van der Waals surface area contributed by atoms with Crippen molar-refractivity contribution in [2.45, 2.75) is 19.3 Å². The molecule has 28 heavy (non-hydrogen) atoms. The normalized spacial score (nSPS) is 10.4. The van der Waals surface area contributed by atoms with Crippen LogP contribution in [0.1, 0.15) is 29.6 Å². The Morgan fingerprint density at radius 1 is 1.00 bits per heavy atom. The number of para-hydroxylation sites is 1. The van der Waals surface area contributed by atoms with Crippen LogP contribution in [0.4, 0.5) is 5.69 Å². The topological polar surface area (TPSA) is 76.7 Å². The summed E-state index contributed by atoms with van der Waals surface area (Å²) in [7, 11) is 1.62. The van der Waals surface area contributed by atoms with Gasteiger partial charge in [-0.15, -0.1) is 0 Å². The fourth-order valence-corrected chi connectivity index (χ4v) is 2.60. The van der Waals surface area contributed by atoms with E-state index in [-0.39, 0.29) is 18.2 Å². The Morgan fingerprint density at radius 2 is 1.75 bits per heavy atom. The van der Waals surface area contributed by atoms with Gasteiger partial charge >= 0.3 is 0 Å². The van der Waals surface area contributed by atoms with Crippen molar-refractivity contribution in [1.29, 1.82) is 0 Å². The predicted octanol–water partition coefficient (Wildman–Crippen LogP) is 3.90. The van der Waals surface area contributed by atoms with Crippen LogP contribution in [0.5, 0.6) is 5.75 Å². The van der Waals surface area contributed by atoms with Crippen LogP contribution in [0.25, 0.3) is 0 Å². The smallest absolute Gasteiger partial charge is 0.253 e. The standard InChI is InChI=1S/C21H25ClN2O4/c1-27-14-5-13-23-21(26)18-6-2-3-7-19(18)24-20(25)8-4-15-28-17-11-9-16(22)10-12-17/h2-3,6-7,9-12H,4-5,8,13-15H2,1H3,(H,23,26)(H,24,25). The molecule has 0 fully saturated rings. The van der Waals surface area contributed by atoms with Gasteiger partial charge in [0.15, 0.2) is 0 Å². The Morgan fingerprint density at radius 3 is 2.50 bits per heavy atom. The maximum atomic E-state index is 12.3. The zero-order valence-electron chi connectivity index (χ0n) is 15.9. The van der Waals surface area contributed by atoms with E-state index < -0.39 is 0 Å². The summed E-state index contributed by atoms with van der Waals surface area (Å²) >= 11 is 5.83. The largest absolute Gasteiger partial charge is 0.494 e. The fourth-order valence-electron chi connectivity index (χ4n) is 2.47. The molecular formula is C21H25ClN2O4. The molecule has 0 spiro atoms.